The van der Waals surface area contributed by atoms with Gasteiger partial charge in [-0.05, 0) is 31.4 Å². The maximum Gasteiger partial charge on any atom is 0.150 e. The summed E-state index contributed by atoms with van der Waals surface area (Å²) in [5, 5.41) is 8.95. The van der Waals surface area contributed by atoms with Gasteiger partial charge in [-0.3, -0.25) is 4.90 Å². The van der Waals surface area contributed by atoms with E-state index in [2.05, 4.69) is 54.3 Å². The molecular formula is C19H24N6O. The van der Waals surface area contributed by atoms with Crippen LogP contribution in [0, 0.1) is 6.92 Å². The highest BCUT2D eigenvalue weighted by Crippen LogP contribution is 2.35. The van der Waals surface area contributed by atoms with Crippen molar-refractivity contribution in [3.8, 4) is 0 Å². The zero-order valence-corrected chi connectivity index (χ0v) is 15.3. The van der Waals surface area contributed by atoms with E-state index in [9.17, 15) is 0 Å². The summed E-state index contributed by atoms with van der Waals surface area (Å²) in [6.07, 6.45) is 7.55. The van der Waals surface area contributed by atoms with E-state index < -0.39 is 0 Å². The molecule has 0 bridgehead atoms. The number of hydrogen-bond donors (Lipinski definition) is 0. The van der Waals surface area contributed by atoms with Gasteiger partial charge in [0.1, 0.15) is 11.5 Å². The van der Waals surface area contributed by atoms with Crippen LogP contribution < -0.4 is 0 Å². The van der Waals surface area contributed by atoms with Crippen molar-refractivity contribution in [3.05, 3.63) is 47.4 Å². The fourth-order valence-electron chi connectivity index (χ4n) is 4.36. The van der Waals surface area contributed by atoms with Crippen LogP contribution in [0.2, 0.25) is 0 Å². The molecule has 3 aromatic rings. The minimum absolute atomic E-state index is 0.232. The monoisotopic (exact) mass is 352 g/mol. The second-order valence-electron chi connectivity index (χ2n) is 7.45. The van der Waals surface area contributed by atoms with Crippen LogP contribution in [0.4, 0.5) is 0 Å². The fourth-order valence-corrected chi connectivity index (χ4v) is 4.36. The van der Waals surface area contributed by atoms with E-state index in [0.717, 1.165) is 49.8 Å². The summed E-state index contributed by atoms with van der Waals surface area (Å²) in [5.41, 5.74) is 3.43. The van der Waals surface area contributed by atoms with Gasteiger partial charge in [-0.15, -0.1) is 10.2 Å². The number of fused-ring (bicyclic) bond motifs is 2. The third kappa shape index (κ3) is 2.54. The maximum absolute atomic E-state index is 5.69. The molecule has 0 N–H and O–H groups in total. The lowest BCUT2D eigenvalue weighted by Crippen LogP contribution is -2.27. The molecule has 0 saturated carbocycles. The number of nitrogens with zero attached hydrogens (tertiary/aromatic N) is 6. The van der Waals surface area contributed by atoms with E-state index >= 15 is 0 Å². The summed E-state index contributed by atoms with van der Waals surface area (Å²) in [5.74, 6) is 2.23. The topological polar surface area (TPSA) is 60.5 Å². The highest BCUT2D eigenvalue weighted by molar-refractivity contribution is 5.41. The maximum atomic E-state index is 5.69. The zero-order valence-electron chi connectivity index (χ0n) is 15.3. The fraction of sp³-hybridized carbons (Fsp3) is 0.526. The minimum atomic E-state index is 0.232. The zero-order chi connectivity index (χ0) is 17.7. The summed E-state index contributed by atoms with van der Waals surface area (Å²) in [6, 6.07) is 4.42. The van der Waals surface area contributed by atoms with Gasteiger partial charge < -0.3 is 13.7 Å². The Bertz CT molecular complexity index is 945. The predicted octanol–water partition coefficient (Wildman–Crippen LogP) is 2.14. The molecule has 0 aromatic carbocycles. The molecule has 0 radical (unpaired) electrons. The van der Waals surface area contributed by atoms with E-state index in [1.54, 1.807) is 7.11 Å². The molecule has 1 saturated heterocycles. The van der Waals surface area contributed by atoms with E-state index in [0.29, 0.717) is 0 Å². The Morgan fingerprint density at radius 3 is 3.08 bits per heavy atom. The van der Waals surface area contributed by atoms with E-state index in [4.69, 9.17) is 4.74 Å². The van der Waals surface area contributed by atoms with Crippen LogP contribution in [0.15, 0.2) is 24.5 Å². The molecule has 5 heterocycles. The summed E-state index contributed by atoms with van der Waals surface area (Å²) in [4.78, 5) is 7.03. The molecule has 0 aliphatic carbocycles. The van der Waals surface area contributed by atoms with Gasteiger partial charge in [0, 0.05) is 39.4 Å². The van der Waals surface area contributed by atoms with Gasteiger partial charge in [0.15, 0.2) is 5.82 Å². The molecule has 2 aliphatic rings. The Hall–Kier alpha value is -2.25. The summed E-state index contributed by atoms with van der Waals surface area (Å²) >= 11 is 0. The van der Waals surface area contributed by atoms with Crippen LogP contribution in [0.3, 0.4) is 0 Å². The highest BCUT2D eigenvalue weighted by Gasteiger charge is 2.37. The molecule has 7 nitrogen and oxygen atoms in total. The smallest absolute Gasteiger partial charge is 0.150 e. The minimum Gasteiger partial charge on any atom is -0.380 e. The Morgan fingerprint density at radius 1 is 1.27 bits per heavy atom. The average Bonchev–Trinajstić information content (AvgIpc) is 3.39. The van der Waals surface area contributed by atoms with Crippen molar-refractivity contribution < 1.29 is 4.74 Å². The molecule has 2 aliphatic heterocycles. The molecule has 2 atom stereocenters. The largest absolute Gasteiger partial charge is 0.380 e. The summed E-state index contributed by atoms with van der Waals surface area (Å²) in [6.45, 7) is 4.89. The van der Waals surface area contributed by atoms with Crippen LogP contribution in [-0.4, -0.2) is 48.8 Å². The number of rotatable bonds is 4. The van der Waals surface area contributed by atoms with Crippen LogP contribution in [0.25, 0.3) is 5.65 Å². The lowest BCUT2D eigenvalue weighted by Gasteiger charge is -2.23. The van der Waals surface area contributed by atoms with Gasteiger partial charge in [0.05, 0.1) is 24.0 Å². The van der Waals surface area contributed by atoms with Crippen LogP contribution >= 0.6 is 0 Å². The first-order valence-corrected chi connectivity index (χ1v) is 9.34. The quantitative estimate of drug-likeness (QED) is 0.720. The standard InChI is InChI=1S/C19H24N6O/c1-13-5-6-17-20-9-14(25(17)10-13)11-23-12-15(26-2)8-16(23)19-22-21-18-4-3-7-24(18)19/h5-6,9-10,15-16H,3-4,7-8,11-12H2,1-2H3/t15-,16+/m1/s1. The van der Waals surface area contributed by atoms with Crippen molar-refractivity contribution in [1.82, 2.24) is 29.0 Å². The normalized spacial score (nSPS) is 23.2. The summed E-state index contributed by atoms with van der Waals surface area (Å²) < 4.78 is 10.2. The van der Waals surface area contributed by atoms with Crippen molar-refractivity contribution in [1.29, 1.82) is 0 Å². The number of pyridine rings is 1. The predicted molar refractivity (Wildman–Crippen MR) is 96.8 cm³/mol. The molecule has 1 fully saturated rings. The molecule has 0 unspecified atom stereocenters. The van der Waals surface area contributed by atoms with Gasteiger partial charge in [-0.2, -0.15) is 0 Å². The first-order valence-electron chi connectivity index (χ1n) is 9.34. The lowest BCUT2D eigenvalue weighted by atomic mass is 10.2. The second kappa shape index (κ2) is 6.17. The molecule has 0 spiro atoms. The van der Waals surface area contributed by atoms with Gasteiger partial charge in [-0.1, -0.05) is 6.07 Å². The number of aromatic nitrogens is 5. The number of hydrogen-bond acceptors (Lipinski definition) is 5. The van der Waals surface area contributed by atoms with Crippen molar-refractivity contribution in [2.45, 2.75) is 51.4 Å². The first kappa shape index (κ1) is 16.0. The molecule has 26 heavy (non-hydrogen) atoms. The molecular weight excluding hydrogens is 328 g/mol. The third-order valence-electron chi connectivity index (χ3n) is 5.73. The van der Waals surface area contributed by atoms with Gasteiger partial charge >= 0.3 is 0 Å². The van der Waals surface area contributed by atoms with Crippen LogP contribution in [0.1, 0.15) is 41.8 Å². The number of imidazole rings is 1. The Morgan fingerprint density at radius 2 is 2.19 bits per heavy atom. The van der Waals surface area contributed by atoms with Crippen LogP contribution in [-0.2, 0) is 24.2 Å². The molecule has 5 rings (SSSR count). The summed E-state index contributed by atoms with van der Waals surface area (Å²) in [7, 11) is 1.80. The van der Waals surface area contributed by atoms with Gasteiger partial charge in [-0.25, -0.2) is 4.98 Å². The van der Waals surface area contributed by atoms with Crippen molar-refractivity contribution in [2.75, 3.05) is 13.7 Å². The van der Waals surface area contributed by atoms with Gasteiger partial charge in [0.2, 0.25) is 0 Å². The number of aryl methyl sites for hydroxylation is 2. The van der Waals surface area contributed by atoms with Crippen molar-refractivity contribution in [2.24, 2.45) is 0 Å². The van der Waals surface area contributed by atoms with E-state index in [1.807, 2.05) is 6.20 Å². The van der Waals surface area contributed by atoms with Crippen molar-refractivity contribution >= 4 is 5.65 Å². The molecule has 136 valence electrons. The average molecular weight is 352 g/mol. The highest BCUT2D eigenvalue weighted by atomic mass is 16.5. The van der Waals surface area contributed by atoms with E-state index in [-0.39, 0.29) is 12.1 Å². The Kier molecular flexibility index (Phi) is 3.79. The first-order chi connectivity index (χ1) is 12.7. The number of methoxy groups -OCH3 is 1. The van der Waals surface area contributed by atoms with E-state index in [1.165, 1.54) is 17.7 Å². The number of likely N-dealkylation sites (tertiary alicyclic amines) is 1. The lowest BCUT2D eigenvalue weighted by molar-refractivity contribution is 0.107. The SMILES string of the molecule is CO[C@@H]1C[C@@H](c2nnc3n2CCC3)N(Cc2cnc3ccc(C)cn23)C1. The third-order valence-corrected chi connectivity index (χ3v) is 5.73. The number of ether oxygens (including phenoxy) is 1. The van der Waals surface area contributed by atoms with Gasteiger partial charge in [0.25, 0.3) is 0 Å². The molecule has 3 aromatic heterocycles. The Balaban J connectivity index is 1.48. The Labute approximate surface area is 152 Å². The van der Waals surface area contributed by atoms with Crippen LogP contribution in [0.5, 0.6) is 0 Å². The molecule has 7 heteroatoms. The second-order valence-corrected chi connectivity index (χ2v) is 7.45. The molecule has 0 amide bonds. The van der Waals surface area contributed by atoms with Crippen molar-refractivity contribution in [3.63, 3.8) is 0 Å².